The number of imidazole rings is 1. The molecule has 3 aromatic rings. The van der Waals surface area contributed by atoms with Crippen LogP contribution in [0.4, 0.5) is 5.69 Å². The second-order valence-corrected chi connectivity index (χ2v) is 5.71. The molecular formula is C15H12BrN3O2. The molecule has 0 atom stereocenters. The fourth-order valence-corrected chi connectivity index (χ4v) is 2.84. The Labute approximate surface area is 128 Å². The Morgan fingerprint density at radius 3 is 2.43 bits per heavy atom. The molecule has 21 heavy (non-hydrogen) atoms. The van der Waals surface area contributed by atoms with Crippen LogP contribution < -0.4 is 11.4 Å². The van der Waals surface area contributed by atoms with Crippen LogP contribution in [0, 0.1) is 6.92 Å². The number of benzene rings is 2. The van der Waals surface area contributed by atoms with Gasteiger partial charge in [0.05, 0.1) is 11.0 Å². The van der Waals surface area contributed by atoms with E-state index in [0.29, 0.717) is 32.3 Å². The molecule has 5 nitrogen and oxygen atoms in total. The summed E-state index contributed by atoms with van der Waals surface area (Å²) in [5.41, 5.74) is 9.17. The van der Waals surface area contributed by atoms with Crippen molar-refractivity contribution in [2.75, 3.05) is 5.73 Å². The van der Waals surface area contributed by atoms with E-state index in [1.165, 1.54) is 0 Å². The number of aromatic nitrogens is 2. The number of rotatable bonds is 2. The molecule has 0 aliphatic carbocycles. The highest BCUT2D eigenvalue weighted by molar-refractivity contribution is 9.10. The Kier molecular flexibility index (Phi) is 3.17. The fraction of sp³-hybridized carbons (Fsp3) is 0.0667. The monoisotopic (exact) mass is 345 g/mol. The topological polar surface area (TPSA) is 91.7 Å². The number of nitrogens with one attached hydrogen (secondary N) is 2. The van der Waals surface area contributed by atoms with E-state index in [4.69, 9.17) is 5.73 Å². The molecule has 4 N–H and O–H groups in total. The third-order valence-electron chi connectivity index (χ3n) is 3.34. The maximum atomic E-state index is 12.7. The number of fused-ring (bicyclic) bond motifs is 1. The number of nitrogens with two attached hydrogens (primary N) is 1. The zero-order valence-corrected chi connectivity index (χ0v) is 12.7. The number of anilines is 1. The normalized spacial score (nSPS) is 11.0. The minimum absolute atomic E-state index is 0.122. The first kappa shape index (κ1) is 13.6. The summed E-state index contributed by atoms with van der Waals surface area (Å²) in [5, 5.41) is 0. The first-order chi connectivity index (χ1) is 9.95. The summed E-state index contributed by atoms with van der Waals surface area (Å²) in [6.45, 7) is 1.84. The zero-order valence-electron chi connectivity index (χ0n) is 11.2. The molecule has 1 heterocycles. The molecule has 2 aromatic carbocycles. The lowest BCUT2D eigenvalue weighted by molar-refractivity contribution is 0.103. The van der Waals surface area contributed by atoms with Gasteiger partial charge < -0.3 is 15.7 Å². The summed E-state index contributed by atoms with van der Waals surface area (Å²) in [6, 6.07) is 8.55. The molecule has 0 spiro atoms. The van der Waals surface area contributed by atoms with Gasteiger partial charge in [0.15, 0.2) is 5.78 Å². The Bertz CT molecular complexity index is 924. The predicted octanol–water partition coefficient (Wildman–Crippen LogP) is 2.74. The quantitative estimate of drug-likeness (QED) is 0.492. The second-order valence-electron chi connectivity index (χ2n) is 4.86. The van der Waals surface area contributed by atoms with E-state index in [0.717, 1.165) is 5.56 Å². The summed E-state index contributed by atoms with van der Waals surface area (Å²) in [5.74, 6) is -0.122. The highest BCUT2D eigenvalue weighted by Gasteiger charge is 2.16. The van der Waals surface area contributed by atoms with E-state index in [2.05, 4.69) is 25.9 Å². The third kappa shape index (κ3) is 2.38. The lowest BCUT2D eigenvalue weighted by Gasteiger charge is -2.08. The molecule has 0 bridgehead atoms. The number of halogens is 1. The molecule has 0 aliphatic rings. The lowest BCUT2D eigenvalue weighted by atomic mass is 9.98. The minimum Gasteiger partial charge on any atom is -0.399 e. The summed E-state index contributed by atoms with van der Waals surface area (Å²) in [4.78, 5) is 29.3. The van der Waals surface area contributed by atoms with Crippen molar-refractivity contribution in [3.63, 3.8) is 0 Å². The minimum atomic E-state index is -0.301. The highest BCUT2D eigenvalue weighted by Crippen LogP contribution is 2.26. The van der Waals surface area contributed by atoms with Gasteiger partial charge in [0.25, 0.3) is 0 Å². The van der Waals surface area contributed by atoms with Gasteiger partial charge in [-0.1, -0.05) is 0 Å². The number of carbonyl (C=O) groups is 1. The molecule has 0 saturated heterocycles. The van der Waals surface area contributed by atoms with Crippen molar-refractivity contribution in [2.45, 2.75) is 6.92 Å². The number of H-pyrrole nitrogens is 2. The number of hydrogen-bond donors (Lipinski definition) is 3. The number of aryl methyl sites for hydroxylation is 1. The first-order valence-electron chi connectivity index (χ1n) is 6.28. The molecular weight excluding hydrogens is 334 g/mol. The van der Waals surface area contributed by atoms with E-state index >= 15 is 0 Å². The van der Waals surface area contributed by atoms with E-state index in [9.17, 15) is 9.59 Å². The molecule has 3 rings (SSSR count). The van der Waals surface area contributed by atoms with Gasteiger partial charge in [0.2, 0.25) is 0 Å². The lowest BCUT2D eigenvalue weighted by Crippen LogP contribution is -2.05. The zero-order chi connectivity index (χ0) is 15.1. The molecule has 0 aliphatic heterocycles. The molecule has 0 fully saturated rings. The molecule has 0 amide bonds. The van der Waals surface area contributed by atoms with Gasteiger partial charge in [0.1, 0.15) is 0 Å². The van der Waals surface area contributed by atoms with Gasteiger partial charge >= 0.3 is 5.69 Å². The van der Waals surface area contributed by atoms with Crippen molar-refractivity contribution in [3.8, 4) is 0 Å². The van der Waals surface area contributed by atoms with Gasteiger partial charge in [0, 0.05) is 21.3 Å². The van der Waals surface area contributed by atoms with Crippen molar-refractivity contribution in [1.29, 1.82) is 0 Å². The van der Waals surface area contributed by atoms with Crippen LogP contribution in [0.3, 0.4) is 0 Å². The van der Waals surface area contributed by atoms with Crippen LogP contribution in [0.5, 0.6) is 0 Å². The van der Waals surface area contributed by atoms with Gasteiger partial charge in [-0.3, -0.25) is 4.79 Å². The number of carbonyl (C=O) groups excluding carboxylic acids is 1. The summed E-state index contributed by atoms with van der Waals surface area (Å²) >= 11 is 3.38. The summed E-state index contributed by atoms with van der Waals surface area (Å²) < 4.78 is 0.631. The third-order valence-corrected chi connectivity index (χ3v) is 4.00. The Balaban J connectivity index is 2.16. The Morgan fingerprint density at radius 1 is 1.10 bits per heavy atom. The predicted molar refractivity (Wildman–Crippen MR) is 85.6 cm³/mol. The average molecular weight is 346 g/mol. The number of aromatic amines is 2. The van der Waals surface area contributed by atoms with Crippen molar-refractivity contribution < 1.29 is 4.79 Å². The van der Waals surface area contributed by atoms with E-state index in [-0.39, 0.29) is 11.5 Å². The Morgan fingerprint density at radius 2 is 1.76 bits per heavy atom. The van der Waals surface area contributed by atoms with Crippen LogP contribution in [0.1, 0.15) is 21.5 Å². The number of hydrogen-bond acceptors (Lipinski definition) is 3. The van der Waals surface area contributed by atoms with E-state index in [1.807, 2.05) is 6.92 Å². The van der Waals surface area contributed by atoms with Crippen LogP contribution in [-0.2, 0) is 0 Å². The first-order valence-corrected chi connectivity index (χ1v) is 7.07. The SMILES string of the molecule is Cc1cc(N)ccc1C(=O)c1cc2[nH]c(=O)[nH]c2cc1Br. The van der Waals surface area contributed by atoms with Crippen molar-refractivity contribution in [2.24, 2.45) is 0 Å². The number of nitrogen functional groups attached to an aromatic ring is 1. The average Bonchev–Trinajstić information content (AvgIpc) is 2.76. The Hall–Kier alpha value is -2.34. The van der Waals surface area contributed by atoms with Crippen LogP contribution in [0.25, 0.3) is 11.0 Å². The van der Waals surface area contributed by atoms with Gasteiger partial charge in [-0.15, -0.1) is 0 Å². The van der Waals surface area contributed by atoms with Gasteiger partial charge in [-0.25, -0.2) is 4.79 Å². The maximum absolute atomic E-state index is 12.7. The smallest absolute Gasteiger partial charge is 0.323 e. The van der Waals surface area contributed by atoms with Crippen molar-refractivity contribution in [1.82, 2.24) is 9.97 Å². The fourth-order valence-electron chi connectivity index (χ4n) is 2.32. The molecule has 0 unspecified atom stereocenters. The standard InChI is InChI=1S/C15H12BrN3O2/c1-7-4-8(17)2-3-9(7)14(20)10-5-12-13(6-11(10)16)19-15(21)18-12/h2-6H,17H2,1H3,(H2,18,19,21). The molecule has 0 radical (unpaired) electrons. The highest BCUT2D eigenvalue weighted by atomic mass is 79.9. The molecule has 0 saturated carbocycles. The summed E-state index contributed by atoms with van der Waals surface area (Å²) in [6.07, 6.45) is 0. The van der Waals surface area contributed by atoms with E-state index < -0.39 is 0 Å². The molecule has 6 heteroatoms. The summed E-state index contributed by atoms with van der Waals surface area (Å²) in [7, 11) is 0. The number of ketones is 1. The largest absolute Gasteiger partial charge is 0.399 e. The van der Waals surface area contributed by atoms with Crippen molar-refractivity contribution in [3.05, 3.63) is 62.0 Å². The molecule has 106 valence electrons. The van der Waals surface area contributed by atoms with E-state index in [1.54, 1.807) is 30.3 Å². The second kappa shape index (κ2) is 4.89. The van der Waals surface area contributed by atoms with Crippen LogP contribution in [-0.4, -0.2) is 15.8 Å². The maximum Gasteiger partial charge on any atom is 0.323 e. The van der Waals surface area contributed by atoms with Crippen LogP contribution in [0.2, 0.25) is 0 Å². The van der Waals surface area contributed by atoms with Crippen LogP contribution in [0.15, 0.2) is 39.6 Å². The van der Waals surface area contributed by atoms with Gasteiger partial charge in [-0.2, -0.15) is 0 Å². The van der Waals surface area contributed by atoms with Gasteiger partial charge in [-0.05, 0) is 58.7 Å². The van der Waals surface area contributed by atoms with Crippen molar-refractivity contribution >= 4 is 38.4 Å². The molecule has 1 aromatic heterocycles. The van der Waals surface area contributed by atoms with Crippen LogP contribution >= 0.6 is 15.9 Å².